The second kappa shape index (κ2) is 5.18. The highest BCUT2D eigenvalue weighted by Crippen LogP contribution is 2.40. The Labute approximate surface area is 128 Å². The molecule has 7 heteroatoms. The van der Waals surface area contributed by atoms with Crippen LogP contribution in [0.4, 0.5) is 33.3 Å². The van der Waals surface area contributed by atoms with Crippen molar-refractivity contribution in [3.63, 3.8) is 0 Å². The fraction of sp³-hybridized carbons (Fsp3) is 0.312. The predicted molar refractivity (Wildman–Crippen MR) is 79.6 cm³/mol. The summed E-state index contributed by atoms with van der Waals surface area (Å²) in [5, 5.41) is 1.02. The van der Waals surface area contributed by atoms with E-state index in [1.54, 1.807) is 6.08 Å². The van der Waals surface area contributed by atoms with Crippen LogP contribution in [0.25, 0.3) is 12.2 Å². The van der Waals surface area contributed by atoms with E-state index < -0.39 is 23.9 Å². The van der Waals surface area contributed by atoms with Crippen molar-refractivity contribution >= 4 is 29.7 Å². The average molecular weight is 328 g/mol. The average Bonchev–Trinajstić information content (AvgIpc) is 2.88. The quantitative estimate of drug-likeness (QED) is 0.723. The Morgan fingerprint density at radius 1 is 1.30 bits per heavy atom. The Kier molecular flexibility index (Phi) is 3.54. The second-order valence-corrected chi connectivity index (χ2v) is 5.54. The Morgan fingerprint density at radius 2 is 2.00 bits per heavy atom. The minimum Gasteiger partial charge on any atom is -0.367 e. The number of hydrogen-bond donors (Lipinski definition) is 0. The molecule has 1 aromatic rings. The van der Waals surface area contributed by atoms with E-state index in [9.17, 15) is 22.0 Å². The minimum absolute atomic E-state index is 0.00909. The van der Waals surface area contributed by atoms with Crippen molar-refractivity contribution in [1.29, 1.82) is 0 Å². The molecule has 0 fully saturated rings. The molecule has 1 aromatic carbocycles. The molecule has 0 bridgehead atoms. The molecule has 122 valence electrons. The summed E-state index contributed by atoms with van der Waals surface area (Å²) in [4.78, 5) is 5.33. The first-order chi connectivity index (χ1) is 10.7. The number of fused-ring (bicyclic) bond motifs is 3. The van der Waals surface area contributed by atoms with Gasteiger partial charge in [-0.3, -0.25) is 4.99 Å². The Hall–Kier alpha value is -2.18. The molecule has 0 radical (unpaired) electrons. The standard InChI is InChI=1S/C16H13F5N2/c1-8-13(16(19,20)21)14-10(5-6-22-14)11-4-3-9(7-12(17)18)23(2)15(8)11/h4-7,9H,3H2,1-2H3. The number of hydrogen-bond acceptors (Lipinski definition) is 2. The molecule has 0 aliphatic carbocycles. The first-order valence-corrected chi connectivity index (χ1v) is 6.95. The van der Waals surface area contributed by atoms with Crippen molar-refractivity contribution in [2.75, 3.05) is 11.9 Å². The van der Waals surface area contributed by atoms with Crippen LogP contribution >= 0.6 is 0 Å². The maximum Gasteiger partial charge on any atom is 0.418 e. The van der Waals surface area contributed by atoms with Crippen LogP contribution in [0.15, 0.2) is 17.1 Å². The van der Waals surface area contributed by atoms with Crippen LogP contribution < -0.4 is 15.3 Å². The van der Waals surface area contributed by atoms with E-state index in [1.165, 1.54) is 31.2 Å². The number of benzene rings is 1. The van der Waals surface area contributed by atoms with Crippen LogP contribution in [0.5, 0.6) is 0 Å². The molecule has 0 N–H and O–H groups in total. The van der Waals surface area contributed by atoms with Crippen LogP contribution in [0, 0.1) is 6.92 Å². The molecule has 1 unspecified atom stereocenters. The lowest BCUT2D eigenvalue weighted by Crippen LogP contribution is -2.43. The van der Waals surface area contributed by atoms with Crippen LogP contribution in [-0.4, -0.2) is 19.3 Å². The van der Waals surface area contributed by atoms with Gasteiger partial charge in [0.25, 0.3) is 6.08 Å². The molecule has 2 nitrogen and oxygen atoms in total. The first kappa shape index (κ1) is 15.7. The third-order valence-corrected chi connectivity index (χ3v) is 4.23. The molecule has 23 heavy (non-hydrogen) atoms. The van der Waals surface area contributed by atoms with Gasteiger partial charge >= 0.3 is 6.18 Å². The van der Waals surface area contributed by atoms with E-state index in [-0.39, 0.29) is 11.3 Å². The molecule has 0 saturated heterocycles. The number of nitrogens with zero attached hydrogens (tertiary/aromatic N) is 2. The lowest BCUT2D eigenvalue weighted by molar-refractivity contribution is -0.137. The number of aliphatic imine (C=N–C) groups is 1. The zero-order valence-corrected chi connectivity index (χ0v) is 12.4. The maximum atomic E-state index is 13.5. The lowest BCUT2D eigenvalue weighted by Gasteiger charge is -2.33. The van der Waals surface area contributed by atoms with Gasteiger partial charge in [-0.15, -0.1) is 0 Å². The van der Waals surface area contributed by atoms with E-state index in [0.717, 1.165) is 6.08 Å². The molecular formula is C16H13F5N2. The van der Waals surface area contributed by atoms with Gasteiger partial charge in [0.1, 0.15) is 0 Å². The van der Waals surface area contributed by atoms with E-state index in [4.69, 9.17) is 0 Å². The van der Waals surface area contributed by atoms with Crippen LogP contribution in [0.1, 0.15) is 17.5 Å². The summed E-state index contributed by atoms with van der Waals surface area (Å²) in [6.45, 7) is 1.36. The summed E-state index contributed by atoms with van der Waals surface area (Å²) >= 11 is 0. The zero-order chi connectivity index (χ0) is 16.9. The molecule has 0 amide bonds. The summed E-state index contributed by atoms with van der Waals surface area (Å²) in [7, 11) is 1.53. The fourth-order valence-corrected chi connectivity index (χ4v) is 3.27. The summed E-state index contributed by atoms with van der Waals surface area (Å²) in [6.07, 6.45) is -0.779. The largest absolute Gasteiger partial charge is 0.418 e. The van der Waals surface area contributed by atoms with Gasteiger partial charge in [-0.2, -0.15) is 22.0 Å². The molecular weight excluding hydrogens is 315 g/mol. The topological polar surface area (TPSA) is 15.6 Å². The normalized spacial score (nSPS) is 18.9. The molecule has 1 atom stereocenters. The molecule has 2 aliphatic heterocycles. The molecule has 2 aliphatic rings. The zero-order valence-electron chi connectivity index (χ0n) is 12.4. The Bertz CT molecular complexity index is 845. The van der Waals surface area contributed by atoms with E-state index in [2.05, 4.69) is 4.99 Å². The highest BCUT2D eigenvalue weighted by atomic mass is 19.4. The van der Waals surface area contributed by atoms with Crippen molar-refractivity contribution in [3.05, 3.63) is 33.7 Å². The van der Waals surface area contributed by atoms with Gasteiger partial charge in [0.05, 0.1) is 17.3 Å². The molecule has 3 rings (SSSR count). The van der Waals surface area contributed by atoms with Gasteiger partial charge in [-0.1, -0.05) is 6.08 Å². The van der Waals surface area contributed by atoms with E-state index in [1.807, 2.05) is 0 Å². The number of alkyl halides is 3. The molecule has 2 heterocycles. The summed E-state index contributed by atoms with van der Waals surface area (Å²) in [5.41, 5.74) is -0.563. The third kappa shape index (κ3) is 2.44. The van der Waals surface area contributed by atoms with E-state index >= 15 is 0 Å². The van der Waals surface area contributed by atoms with Crippen molar-refractivity contribution in [3.8, 4) is 0 Å². The number of halogens is 5. The molecule has 0 saturated carbocycles. The number of likely N-dealkylation sites (N-methyl/N-ethyl adjacent to an activating group) is 1. The van der Waals surface area contributed by atoms with Gasteiger partial charge in [0, 0.05) is 35.5 Å². The van der Waals surface area contributed by atoms with Crippen molar-refractivity contribution in [2.24, 2.45) is 4.99 Å². The number of rotatable bonds is 1. The smallest absolute Gasteiger partial charge is 0.367 e. The summed E-state index contributed by atoms with van der Waals surface area (Å²) in [5.74, 6) is 0. The Balaban J connectivity index is 2.34. The van der Waals surface area contributed by atoms with E-state index in [0.29, 0.717) is 22.5 Å². The SMILES string of the molecule is Cc1c(C(F)(F)F)c2c(c3c1N(C)C(C=C(F)F)CC=3)=CC=N2. The predicted octanol–water partition coefficient (Wildman–Crippen LogP) is 3.28. The molecule has 0 aromatic heterocycles. The fourth-order valence-electron chi connectivity index (χ4n) is 3.27. The molecule has 0 spiro atoms. The highest BCUT2D eigenvalue weighted by molar-refractivity contribution is 5.98. The van der Waals surface area contributed by atoms with Crippen molar-refractivity contribution < 1.29 is 22.0 Å². The van der Waals surface area contributed by atoms with Crippen LogP contribution in [-0.2, 0) is 6.18 Å². The van der Waals surface area contributed by atoms with Crippen LogP contribution in [0.3, 0.4) is 0 Å². The van der Waals surface area contributed by atoms with Crippen molar-refractivity contribution in [1.82, 2.24) is 0 Å². The maximum absolute atomic E-state index is 13.5. The summed E-state index contributed by atoms with van der Waals surface area (Å²) in [6, 6.07) is -0.673. The van der Waals surface area contributed by atoms with Gasteiger partial charge in [0.15, 0.2) is 0 Å². The van der Waals surface area contributed by atoms with Gasteiger partial charge in [-0.05, 0) is 25.0 Å². The van der Waals surface area contributed by atoms with Crippen molar-refractivity contribution in [2.45, 2.75) is 25.6 Å². The Morgan fingerprint density at radius 3 is 2.61 bits per heavy atom. The van der Waals surface area contributed by atoms with Gasteiger partial charge in [-0.25, -0.2) is 0 Å². The monoisotopic (exact) mass is 328 g/mol. The lowest BCUT2D eigenvalue weighted by atomic mass is 9.94. The first-order valence-electron chi connectivity index (χ1n) is 6.95. The highest BCUT2D eigenvalue weighted by Gasteiger charge is 2.39. The van der Waals surface area contributed by atoms with Crippen LogP contribution in [0.2, 0.25) is 0 Å². The summed E-state index contributed by atoms with van der Waals surface area (Å²) < 4.78 is 65.5. The second-order valence-electron chi connectivity index (χ2n) is 5.54. The van der Waals surface area contributed by atoms with Gasteiger partial charge < -0.3 is 4.90 Å². The minimum atomic E-state index is -4.56. The van der Waals surface area contributed by atoms with Gasteiger partial charge in [0.2, 0.25) is 0 Å². The number of anilines is 1. The third-order valence-electron chi connectivity index (χ3n) is 4.23.